The Hall–Kier alpha value is -0.870. The van der Waals surface area contributed by atoms with Gasteiger partial charge in [-0.3, -0.25) is 4.90 Å². The summed E-state index contributed by atoms with van der Waals surface area (Å²) in [6.07, 6.45) is 1.93. The summed E-state index contributed by atoms with van der Waals surface area (Å²) >= 11 is 6.11. The molecule has 4 nitrogen and oxygen atoms in total. The van der Waals surface area contributed by atoms with Gasteiger partial charge in [-0.05, 0) is 19.9 Å². The summed E-state index contributed by atoms with van der Waals surface area (Å²) in [5.41, 5.74) is 0. The molecule has 1 aliphatic heterocycles. The van der Waals surface area contributed by atoms with Crippen molar-refractivity contribution in [3.8, 4) is 0 Å². The van der Waals surface area contributed by atoms with Gasteiger partial charge in [-0.1, -0.05) is 25.4 Å². The standard InChI is InChI=1S/C14H23ClN4/c1-4-6-13-16-12(15)9-14(17-13)19-8-7-18(5-2)11(3)10-19/h9,11H,4-8,10H2,1-3H3. The lowest BCUT2D eigenvalue weighted by Crippen LogP contribution is -2.52. The van der Waals surface area contributed by atoms with Crippen LogP contribution < -0.4 is 4.90 Å². The highest BCUT2D eigenvalue weighted by atomic mass is 35.5. The van der Waals surface area contributed by atoms with E-state index in [1.54, 1.807) is 0 Å². The van der Waals surface area contributed by atoms with Crippen molar-refractivity contribution in [2.75, 3.05) is 31.1 Å². The van der Waals surface area contributed by atoms with E-state index in [-0.39, 0.29) is 0 Å². The van der Waals surface area contributed by atoms with Crippen molar-refractivity contribution in [3.05, 3.63) is 17.0 Å². The van der Waals surface area contributed by atoms with Crippen molar-refractivity contribution in [2.45, 2.75) is 39.7 Å². The van der Waals surface area contributed by atoms with E-state index in [0.717, 1.165) is 50.7 Å². The molecule has 0 bridgehead atoms. The normalized spacial score (nSPS) is 20.8. The third-order valence-electron chi connectivity index (χ3n) is 3.70. The van der Waals surface area contributed by atoms with Gasteiger partial charge in [-0.15, -0.1) is 0 Å². The minimum absolute atomic E-state index is 0.555. The van der Waals surface area contributed by atoms with Crippen molar-refractivity contribution in [1.29, 1.82) is 0 Å². The van der Waals surface area contributed by atoms with Gasteiger partial charge in [0.15, 0.2) is 0 Å². The zero-order valence-electron chi connectivity index (χ0n) is 12.1. The molecule has 106 valence electrons. The van der Waals surface area contributed by atoms with Gasteiger partial charge in [0.2, 0.25) is 0 Å². The molecule has 2 rings (SSSR count). The Bertz CT molecular complexity index is 424. The van der Waals surface area contributed by atoms with Crippen LogP contribution in [0.3, 0.4) is 0 Å². The van der Waals surface area contributed by atoms with Crippen LogP contribution in [0.1, 0.15) is 33.0 Å². The summed E-state index contributed by atoms with van der Waals surface area (Å²) in [6.45, 7) is 10.8. The van der Waals surface area contributed by atoms with Crippen molar-refractivity contribution >= 4 is 17.4 Å². The van der Waals surface area contributed by atoms with Crippen molar-refractivity contribution in [3.63, 3.8) is 0 Å². The summed E-state index contributed by atoms with van der Waals surface area (Å²) in [6, 6.07) is 2.44. The molecule has 1 fully saturated rings. The average Bonchev–Trinajstić information content (AvgIpc) is 2.38. The molecule has 1 aliphatic rings. The molecule has 1 saturated heterocycles. The third kappa shape index (κ3) is 3.57. The van der Waals surface area contributed by atoms with Crippen LogP contribution in [-0.4, -0.2) is 47.1 Å². The Morgan fingerprint density at radius 1 is 1.32 bits per heavy atom. The number of aromatic nitrogens is 2. The van der Waals surface area contributed by atoms with E-state index in [1.165, 1.54) is 0 Å². The van der Waals surface area contributed by atoms with Crippen molar-refractivity contribution < 1.29 is 0 Å². The van der Waals surface area contributed by atoms with Crippen molar-refractivity contribution in [2.24, 2.45) is 0 Å². The highest BCUT2D eigenvalue weighted by molar-refractivity contribution is 6.29. The minimum atomic E-state index is 0.555. The number of rotatable bonds is 4. The average molecular weight is 283 g/mol. The van der Waals surface area contributed by atoms with Crippen LogP contribution >= 0.6 is 11.6 Å². The van der Waals surface area contributed by atoms with E-state index < -0.39 is 0 Å². The number of piperazine rings is 1. The maximum absolute atomic E-state index is 6.11. The van der Waals surface area contributed by atoms with Gasteiger partial charge in [-0.2, -0.15) is 0 Å². The second kappa shape index (κ2) is 6.53. The van der Waals surface area contributed by atoms with Crippen LogP contribution in [0.2, 0.25) is 5.15 Å². The molecule has 2 heterocycles. The molecular formula is C14H23ClN4. The number of likely N-dealkylation sites (N-methyl/N-ethyl adjacent to an activating group) is 1. The molecule has 19 heavy (non-hydrogen) atoms. The van der Waals surface area contributed by atoms with E-state index in [4.69, 9.17) is 11.6 Å². The zero-order valence-corrected chi connectivity index (χ0v) is 12.8. The predicted molar refractivity (Wildman–Crippen MR) is 80.0 cm³/mol. The first kappa shape index (κ1) is 14.5. The van der Waals surface area contributed by atoms with Crippen LogP contribution in [-0.2, 0) is 6.42 Å². The Labute approximate surface area is 120 Å². The molecular weight excluding hydrogens is 260 g/mol. The van der Waals surface area contributed by atoms with Crippen LogP contribution in [0.25, 0.3) is 0 Å². The fraction of sp³-hybridized carbons (Fsp3) is 0.714. The molecule has 5 heteroatoms. The minimum Gasteiger partial charge on any atom is -0.354 e. The van der Waals surface area contributed by atoms with Crippen LogP contribution in [0.15, 0.2) is 6.07 Å². The molecule has 0 aromatic carbocycles. The Morgan fingerprint density at radius 2 is 2.11 bits per heavy atom. The second-order valence-corrected chi connectivity index (χ2v) is 5.53. The molecule has 1 atom stereocenters. The smallest absolute Gasteiger partial charge is 0.134 e. The summed E-state index contributed by atoms with van der Waals surface area (Å²) < 4.78 is 0. The largest absolute Gasteiger partial charge is 0.354 e. The first-order valence-electron chi connectivity index (χ1n) is 7.16. The van der Waals surface area contributed by atoms with E-state index in [0.29, 0.717) is 11.2 Å². The first-order chi connectivity index (χ1) is 9.13. The SMILES string of the molecule is CCCc1nc(Cl)cc(N2CCN(CC)C(C)C2)n1. The van der Waals surface area contributed by atoms with E-state index in [1.807, 2.05) is 6.07 Å². The maximum atomic E-state index is 6.11. The predicted octanol–water partition coefficient (Wildman–Crippen LogP) is 2.61. The first-order valence-corrected chi connectivity index (χ1v) is 7.54. The molecule has 1 aromatic rings. The van der Waals surface area contributed by atoms with Gasteiger partial charge in [0.05, 0.1) is 0 Å². The lowest BCUT2D eigenvalue weighted by Gasteiger charge is -2.40. The van der Waals surface area contributed by atoms with E-state index in [2.05, 4.69) is 40.5 Å². The Balaban J connectivity index is 2.13. The third-order valence-corrected chi connectivity index (χ3v) is 3.89. The van der Waals surface area contributed by atoms with Crippen LogP contribution in [0.5, 0.6) is 0 Å². The summed E-state index contributed by atoms with van der Waals surface area (Å²) in [4.78, 5) is 13.7. The van der Waals surface area contributed by atoms with Crippen molar-refractivity contribution in [1.82, 2.24) is 14.9 Å². The van der Waals surface area contributed by atoms with Gasteiger partial charge < -0.3 is 4.90 Å². The highest BCUT2D eigenvalue weighted by Crippen LogP contribution is 2.20. The molecule has 0 aliphatic carbocycles. The van der Waals surface area contributed by atoms with Gasteiger partial charge in [0.25, 0.3) is 0 Å². The molecule has 1 unspecified atom stereocenters. The maximum Gasteiger partial charge on any atom is 0.134 e. The fourth-order valence-corrected chi connectivity index (χ4v) is 2.82. The highest BCUT2D eigenvalue weighted by Gasteiger charge is 2.23. The fourth-order valence-electron chi connectivity index (χ4n) is 2.62. The number of hydrogen-bond donors (Lipinski definition) is 0. The molecule has 0 saturated carbocycles. The zero-order chi connectivity index (χ0) is 13.8. The summed E-state index contributed by atoms with van der Waals surface area (Å²) in [5, 5.41) is 0.555. The molecule has 0 N–H and O–H groups in total. The molecule has 0 amide bonds. The monoisotopic (exact) mass is 282 g/mol. The van der Waals surface area contributed by atoms with Crippen LogP contribution in [0.4, 0.5) is 5.82 Å². The van der Waals surface area contributed by atoms with Gasteiger partial charge in [0.1, 0.15) is 16.8 Å². The number of halogens is 1. The van der Waals surface area contributed by atoms with Gasteiger partial charge in [-0.25, -0.2) is 9.97 Å². The Kier molecular flexibility index (Phi) is 4.99. The molecule has 0 spiro atoms. The van der Waals surface area contributed by atoms with E-state index >= 15 is 0 Å². The van der Waals surface area contributed by atoms with Gasteiger partial charge in [0, 0.05) is 38.2 Å². The number of nitrogens with zero attached hydrogens (tertiary/aromatic N) is 4. The molecule has 0 radical (unpaired) electrons. The summed E-state index contributed by atoms with van der Waals surface area (Å²) in [7, 11) is 0. The molecule has 1 aromatic heterocycles. The Morgan fingerprint density at radius 3 is 2.74 bits per heavy atom. The topological polar surface area (TPSA) is 32.3 Å². The van der Waals surface area contributed by atoms with Crippen LogP contribution in [0, 0.1) is 0 Å². The van der Waals surface area contributed by atoms with E-state index in [9.17, 15) is 0 Å². The van der Waals surface area contributed by atoms with Gasteiger partial charge >= 0.3 is 0 Å². The summed E-state index contributed by atoms with van der Waals surface area (Å²) in [5.74, 6) is 1.83. The number of aryl methyl sites for hydroxylation is 1. The number of hydrogen-bond acceptors (Lipinski definition) is 4. The lowest BCUT2D eigenvalue weighted by atomic mass is 10.2. The quantitative estimate of drug-likeness (QED) is 0.795. The lowest BCUT2D eigenvalue weighted by molar-refractivity contribution is 0.199. The number of anilines is 1. The second-order valence-electron chi connectivity index (χ2n) is 5.14.